The first-order valence-corrected chi connectivity index (χ1v) is 6.37. The molecule has 0 radical (unpaired) electrons. The maximum absolute atomic E-state index is 11.4. The molecule has 0 aromatic heterocycles. The van der Waals surface area contributed by atoms with E-state index in [2.05, 4.69) is 0 Å². The van der Waals surface area contributed by atoms with Gasteiger partial charge in [-0.15, -0.1) is 0 Å². The van der Waals surface area contributed by atoms with Crippen LogP contribution in [0, 0.1) is 0 Å². The third kappa shape index (κ3) is 3.99. The molecule has 0 aliphatic heterocycles. The third-order valence-electron chi connectivity index (χ3n) is 2.72. The smallest absolute Gasteiger partial charge is 0.246 e. The monoisotopic (exact) mass is 267 g/mol. The fourth-order valence-electron chi connectivity index (χ4n) is 1.59. The second-order valence-corrected chi connectivity index (χ2v) is 4.55. The number of nitrogens with zero attached hydrogens (tertiary/aromatic N) is 1. The molecule has 0 aliphatic rings. The molecule has 2 aromatic rings. The van der Waals surface area contributed by atoms with Gasteiger partial charge in [0, 0.05) is 20.2 Å². The summed E-state index contributed by atoms with van der Waals surface area (Å²) < 4.78 is 5.70. The van der Waals surface area contributed by atoms with Gasteiger partial charge in [0.1, 0.15) is 11.5 Å². The van der Waals surface area contributed by atoms with Gasteiger partial charge < -0.3 is 9.64 Å². The molecule has 0 saturated carbocycles. The summed E-state index contributed by atoms with van der Waals surface area (Å²) >= 11 is 0. The SMILES string of the molecule is CN(C)C(=O)C=Cc1ccc(Oc2ccccc2)cc1. The van der Waals surface area contributed by atoms with Crippen LogP contribution in [0.15, 0.2) is 60.7 Å². The van der Waals surface area contributed by atoms with E-state index in [1.54, 1.807) is 26.2 Å². The predicted molar refractivity (Wildman–Crippen MR) is 80.7 cm³/mol. The molecule has 2 rings (SSSR count). The van der Waals surface area contributed by atoms with Gasteiger partial charge in [-0.05, 0) is 35.9 Å². The lowest BCUT2D eigenvalue weighted by atomic mass is 10.2. The highest BCUT2D eigenvalue weighted by Crippen LogP contribution is 2.21. The zero-order valence-electron chi connectivity index (χ0n) is 11.6. The van der Waals surface area contributed by atoms with Crippen molar-refractivity contribution in [1.29, 1.82) is 0 Å². The van der Waals surface area contributed by atoms with Crippen LogP contribution >= 0.6 is 0 Å². The van der Waals surface area contributed by atoms with Crippen LogP contribution in [0.1, 0.15) is 5.56 Å². The lowest BCUT2D eigenvalue weighted by molar-refractivity contribution is -0.123. The summed E-state index contributed by atoms with van der Waals surface area (Å²) in [5.74, 6) is 1.54. The van der Waals surface area contributed by atoms with Gasteiger partial charge >= 0.3 is 0 Å². The van der Waals surface area contributed by atoms with Gasteiger partial charge in [-0.3, -0.25) is 4.79 Å². The van der Waals surface area contributed by atoms with Crippen LogP contribution in [0.4, 0.5) is 0 Å². The van der Waals surface area contributed by atoms with Crippen LogP contribution in [0.25, 0.3) is 6.08 Å². The van der Waals surface area contributed by atoms with Crippen molar-refractivity contribution < 1.29 is 9.53 Å². The molecule has 20 heavy (non-hydrogen) atoms. The Morgan fingerprint density at radius 3 is 2.15 bits per heavy atom. The summed E-state index contributed by atoms with van der Waals surface area (Å²) in [6, 6.07) is 17.2. The van der Waals surface area contributed by atoms with Crippen molar-refractivity contribution in [2.75, 3.05) is 14.1 Å². The lowest BCUT2D eigenvalue weighted by Gasteiger charge is -2.06. The molecule has 0 fully saturated rings. The first-order valence-electron chi connectivity index (χ1n) is 6.37. The summed E-state index contributed by atoms with van der Waals surface area (Å²) in [7, 11) is 3.45. The first-order chi connectivity index (χ1) is 9.65. The highest BCUT2D eigenvalue weighted by Gasteiger charge is 1.98. The van der Waals surface area contributed by atoms with E-state index in [1.165, 1.54) is 4.90 Å². The van der Waals surface area contributed by atoms with Crippen LogP contribution in [-0.4, -0.2) is 24.9 Å². The molecule has 102 valence electrons. The standard InChI is InChI=1S/C17H17NO2/c1-18(2)17(19)13-10-14-8-11-16(12-9-14)20-15-6-4-3-5-7-15/h3-13H,1-2H3. The molecule has 0 spiro atoms. The van der Waals surface area contributed by atoms with E-state index in [0.29, 0.717) is 0 Å². The zero-order valence-corrected chi connectivity index (χ0v) is 11.6. The Morgan fingerprint density at radius 1 is 0.950 bits per heavy atom. The molecule has 1 amide bonds. The van der Waals surface area contributed by atoms with Crippen molar-refractivity contribution in [1.82, 2.24) is 4.90 Å². The molecule has 0 atom stereocenters. The van der Waals surface area contributed by atoms with Crippen molar-refractivity contribution in [3.63, 3.8) is 0 Å². The Labute approximate surface area is 119 Å². The fourth-order valence-corrected chi connectivity index (χ4v) is 1.59. The quantitative estimate of drug-likeness (QED) is 0.792. The Kier molecular flexibility index (Phi) is 4.56. The lowest BCUT2D eigenvalue weighted by Crippen LogP contribution is -2.18. The molecule has 0 bridgehead atoms. The summed E-state index contributed by atoms with van der Waals surface area (Å²) in [4.78, 5) is 13.0. The van der Waals surface area contributed by atoms with Gasteiger partial charge in [0.15, 0.2) is 0 Å². The minimum Gasteiger partial charge on any atom is -0.457 e. The molecule has 0 saturated heterocycles. The van der Waals surface area contributed by atoms with Crippen LogP contribution in [0.3, 0.4) is 0 Å². The van der Waals surface area contributed by atoms with Gasteiger partial charge in [-0.25, -0.2) is 0 Å². The maximum Gasteiger partial charge on any atom is 0.246 e. The molecule has 0 heterocycles. The number of amides is 1. The predicted octanol–water partition coefficient (Wildman–Crippen LogP) is 3.58. The molecule has 2 aromatic carbocycles. The molecular weight excluding hydrogens is 250 g/mol. The molecular formula is C17H17NO2. The third-order valence-corrected chi connectivity index (χ3v) is 2.72. The van der Waals surface area contributed by atoms with E-state index < -0.39 is 0 Å². The maximum atomic E-state index is 11.4. The minimum absolute atomic E-state index is 0.0328. The van der Waals surface area contributed by atoms with E-state index in [4.69, 9.17) is 4.74 Å². The van der Waals surface area contributed by atoms with Gasteiger partial charge in [0.2, 0.25) is 5.91 Å². The number of carbonyl (C=O) groups excluding carboxylic acids is 1. The van der Waals surface area contributed by atoms with Crippen molar-refractivity contribution in [3.8, 4) is 11.5 Å². The molecule has 3 nitrogen and oxygen atoms in total. The number of hydrogen-bond acceptors (Lipinski definition) is 2. The number of ether oxygens (including phenoxy) is 1. The largest absolute Gasteiger partial charge is 0.457 e. The van der Waals surface area contributed by atoms with Gasteiger partial charge in [0.05, 0.1) is 0 Å². The van der Waals surface area contributed by atoms with Crippen molar-refractivity contribution in [3.05, 3.63) is 66.2 Å². The zero-order chi connectivity index (χ0) is 14.4. The molecule has 0 unspecified atom stereocenters. The van der Waals surface area contributed by atoms with E-state index in [-0.39, 0.29) is 5.91 Å². The van der Waals surface area contributed by atoms with Gasteiger partial charge in [0.25, 0.3) is 0 Å². The first kappa shape index (κ1) is 13.9. The van der Waals surface area contributed by atoms with Gasteiger partial charge in [-0.1, -0.05) is 30.3 Å². The topological polar surface area (TPSA) is 29.5 Å². The average molecular weight is 267 g/mol. The number of benzene rings is 2. The summed E-state index contributed by atoms with van der Waals surface area (Å²) in [6.45, 7) is 0. The second kappa shape index (κ2) is 6.57. The summed E-state index contributed by atoms with van der Waals surface area (Å²) in [5, 5.41) is 0. The molecule has 0 N–H and O–H groups in total. The second-order valence-electron chi connectivity index (χ2n) is 4.55. The Hall–Kier alpha value is -2.55. The normalized spacial score (nSPS) is 10.5. The average Bonchev–Trinajstić information content (AvgIpc) is 2.47. The van der Waals surface area contributed by atoms with Crippen LogP contribution in [0.5, 0.6) is 11.5 Å². The fraction of sp³-hybridized carbons (Fsp3) is 0.118. The number of carbonyl (C=O) groups is 1. The Morgan fingerprint density at radius 2 is 1.55 bits per heavy atom. The van der Waals surface area contributed by atoms with Crippen molar-refractivity contribution >= 4 is 12.0 Å². The van der Waals surface area contributed by atoms with Crippen molar-refractivity contribution in [2.45, 2.75) is 0 Å². The molecule has 3 heteroatoms. The van der Waals surface area contributed by atoms with Crippen LogP contribution in [0.2, 0.25) is 0 Å². The summed E-state index contributed by atoms with van der Waals surface area (Å²) in [5.41, 5.74) is 0.959. The van der Waals surface area contributed by atoms with Gasteiger partial charge in [-0.2, -0.15) is 0 Å². The Bertz CT molecular complexity index is 586. The highest BCUT2D eigenvalue weighted by molar-refractivity contribution is 5.91. The Balaban J connectivity index is 2.02. The number of likely N-dealkylation sites (N-methyl/N-ethyl adjacent to an activating group) is 1. The highest BCUT2D eigenvalue weighted by atomic mass is 16.5. The van der Waals surface area contributed by atoms with E-state index in [9.17, 15) is 4.79 Å². The number of hydrogen-bond donors (Lipinski definition) is 0. The van der Waals surface area contributed by atoms with E-state index >= 15 is 0 Å². The van der Waals surface area contributed by atoms with Crippen LogP contribution in [-0.2, 0) is 4.79 Å². The number of para-hydroxylation sites is 1. The van der Waals surface area contributed by atoms with Crippen molar-refractivity contribution in [2.24, 2.45) is 0 Å². The minimum atomic E-state index is -0.0328. The molecule has 0 aliphatic carbocycles. The van der Waals surface area contributed by atoms with E-state index in [1.807, 2.05) is 54.6 Å². The van der Waals surface area contributed by atoms with E-state index in [0.717, 1.165) is 17.1 Å². The van der Waals surface area contributed by atoms with Crippen LogP contribution < -0.4 is 4.74 Å². The number of rotatable bonds is 4. The summed E-state index contributed by atoms with van der Waals surface area (Å²) in [6.07, 6.45) is 3.34.